The van der Waals surface area contributed by atoms with E-state index < -0.39 is 31.2 Å². The number of sulfonamides is 1. The van der Waals surface area contributed by atoms with E-state index in [-0.39, 0.29) is 9.92 Å². The van der Waals surface area contributed by atoms with E-state index >= 15 is 0 Å². The van der Waals surface area contributed by atoms with Crippen LogP contribution < -0.4 is 4.31 Å². The summed E-state index contributed by atoms with van der Waals surface area (Å²) in [5.74, 6) is 0. The molecule has 0 saturated carbocycles. The minimum absolute atomic E-state index is 0.0879. The van der Waals surface area contributed by atoms with Gasteiger partial charge in [-0.1, -0.05) is 34.8 Å². The fraction of sp³-hybridized carbons (Fsp3) is 0.455. The Hall–Kier alpha value is -1.03. The molecule has 1 unspecified atom stereocenters. The van der Waals surface area contributed by atoms with Crippen molar-refractivity contribution < 1.29 is 16.8 Å². The quantitative estimate of drug-likeness (QED) is 0.453. The first kappa shape index (κ1) is 26.6. The lowest BCUT2D eigenvalue weighted by molar-refractivity contribution is 0.224. The molecule has 0 aromatic heterocycles. The predicted molar refractivity (Wildman–Crippen MR) is 136 cm³/mol. The fourth-order valence-corrected chi connectivity index (χ4v) is 7.35. The Balaban J connectivity index is 1.89. The Bertz CT molecular complexity index is 1190. The minimum atomic E-state index is -3.98. The maximum absolute atomic E-state index is 13.7. The first-order valence-electron chi connectivity index (χ1n) is 10.6. The molecule has 0 radical (unpaired) electrons. The number of hydrogen-bond acceptors (Lipinski definition) is 5. The number of rotatable bonds is 8. The van der Waals surface area contributed by atoms with Crippen molar-refractivity contribution in [2.24, 2.45) is 0 Å². The first-order chi connectivity index (χ1) is 15.4. The van der Waals surface area contributed by atoms with Gasteiger partial charge in [-0.2, -0.15) is 0 Å². The highest BCUT2D eigenvalue weighted by atomic mass is 35.5. The molecule has 0 spiro atoms. The van der Waals surface area contributed by atoms with Gasteiger partial charge in [0, 0.05) is 35.4 Å². The molecule has 0 N–H and O–H groups in total. The molecule has 1 saturated heterocycles. The number of sulfone groups is 1. The van der Waals surface area contributed by atoms with Crippen molar-refractivity contribution in [3.63, 3.8) is 0 Å². The van der Waals surface area contributed by atoms with E-state index in [1.807, 2.05) is 6.92 Å². The number of nitrogens with zero attached hydrogens (tertiary/aromatic N) is 2. The Labute approximate surface area is 211 Å². The van der Waals surface area contributed by atoms with Crippen LogP contribution in [-0.4, -0.2) is 58.9 Å². The summed E-state index contributed by atoms with van der Waals surface area (Å²) in [5.41, 5.74) is 0.291. The average molecular weight is 554 g/mol. The zero-order chi connectivity index (χ0) is 24.4. The van der Waals surface area contributed by atoms with Crippen molar-refractivity contribution in [1.29, 1.82) is 0 Å². The molecule has 2 aromatic carbocycles. The first-order valence-corrected chi connectivity index (χ1v) is 15.1. The number of hydrogen-bond donors (Lipinski definition) is 0. The Morgan fingerprint density at radius 3 is 2.30 bits per heavy atom. The van der Waals surface area contributed by atoms with Crippen LogP contribution in [0.3, 0.4) is 0 Å². The van der Waals surface area contributed by atoms with Crippen molar-refractivity contribution in [1.82, 2.24) is 4.90 Å². The van der Waals surface area contributed by atoms with Gasteiger partial charge in [-0.3, -0.25) is 4.31 Å². The summed E-state index contributed by atoms with van der Waals surface area (Å²) < 4.78 is 52.6. The normalized spacial score (nSPS) is 18.8. The molecule has 2 aromatic rings. The second-order valence-corrected chi connectivity index (χ2v) is 13.8. The lowest BCUT2D eigenvalue weighted by Gasteiger charge is -2.35. The molecular weight excluding hydrogens is 527 g/mol. The smallest absolute Gasteiger partial charge is 0.264 e. The van der Waals surface area contributed by atoms with Gasteiger partial charge in [0.05, 0.1) is 20.9 Å². The van der Waals surface area contributed by atoms with Crippen molar-refractivity contribution in [3.05, 3.63) is 57.5 Å². The Kier molecular flexibility index (Phi) is 8.62. The molecule has 1 heterocycles. The largest absolute Gasteiger partial charge is 0.302 e. The SMILES string of the molecule is C[C@H](CCN1CCCC(S(C)(=O)=O)C1)N(c1cc(Cl)ccc1Cl)S(=O)(=O)c1ccc(Cl)cc1. The highest BCUT2D eigenvalue weighted by molar-refractivity contribution is 7.93. The third kappa shape index (κ3) is 6.55. The maximum atomic E-state index is 13.7. The van der Waals surface area contributed by atoms with Crippen LogP contribution in [0.2, 0.25) is 15.1 Å². The molecule has 1 aliphatic heterocycles. The van der Waals surface area contributed by atoms with E-state index in [1.54, 1.807) is 12.1 Å². The molecule has 33 heavy (non-hydrogen) atoms. The van der Waals surface area contributed by atoms with Gasteiger partial charge in [-0.25, -0.2) is 16.8 Å². The van der Waals surface area contributed by atoms with Gasteiger partial charge in [0.15, 0.2) is 9.84 Å². The second-order valence-electron chi connectivity index (χ2n) is 8.38. The van der Waals surface area contributed by atoms with Crippen LogP contribution in [0.15, 0.2) is 47.4 Å². The topological polar surface area (TPSA) is 74.8 Å². The van der Waals surface area contributed by atoms with E-state index in [2.05, 4.69) is 4.90 Å². The molecule has 182 valence electrons. The van der Waals surface area contributed by atoms with Crippen LogP contribution in [0.4, 0.5) is 5.69 Å². The molecule has 6 nitrogen and oxygen atoms in total. The van der Waals surface area contributed by atoms with Crippen LogP contribution in [0.5, 0.6) is 0 Å². The lowest BCUT2D eigenvalue weighted by Crippen LogP contribution is -2.45. The lowest BCUT2D eigenvalue weighted by atomic mass is 10.1. The molecule has 2 atom stereocenters. The molecule has 0 amide bonds. The summed E-state index contributed by atoms with van der Waals surface area (Å²) in [6.45, 7) is 3.59. The average Bonchev–Trinajstić information content (AvgIpc) is 2.74. The zero-order valence-corrected chi connectivity index (χ0v) is 22.3. The Morgan fingerprint density at radius 2 is 1.67 bits per heavy atom. The highest BCUT2D eigenvalue weighted by Gasteiger charge is 2.33. The van der Waals surface area contributed by atoms with Gasteiger partial charge < -0.3 is 4.90 Å². The third-order valence-electron chi connectivity index (χ3n) is 5.85. The summed E-state index contributed by atoms with van der Waals surface area (Å²) in [6.07, 6.45) is 3.19. The van der Waals surface area contributed by atoms with E-state index in [0.29, 0.717) is 41.7 Å². The molecule has 0 aliphatic carbocycles. The van der Waals surface area contributed by atoms with Crippen molar-refractivity contribution in [3.8, 4) is 0 Å². The van der Waals surface area contributed by atoms with Crippen LogP contribution in [0.25, 0.3) is 0 Å². The molecule has 0 bridgehead atoms. The van der Waals surface area contributed by atoms with Crippen LogP contribution in [-0.2, 0) is 19.9 Å². The van der Waals surface area contributed by atoms with Gasteiger partial charge in [-0.05, 0) is 75.2 Å². The van der Waals surface area contributed by atoms with Crippen LogP contribution >= 0.6 is 34.8 Å². The number of benzene rings is 2. The van der Waals surface area contributed by atoms with Gasteiger partial charge in [0.1, 0.15) is 0 Å². The van der Waals surface area contributed by atoms with Gasteiger partial charge >= 0.3 is 0 Å². The van der Waals surface area contributed by atoms with Crippen LogP contribution in [0, 0.1) is 0 Å². The fourth-order valence-electron chi connectivity index (χ4n) is 4.03. The standard InChI is InChI=1S/C22H27Cl3N2O4S2/c1-16(11-13-26-12-3-4-20(15-26)32(2,28)29)27(22-14-18(24)7-10-21(22)25)33(30,31)19-8-5-17(23)6-9-19/h5-10,14,16,20H,3-4,11-13,15H2,1-2H3/t16-,20?/m1/s1. The van der Waals surface area contributed by atoms with E-state index in [4.69, 9.17) is 34.8 Å². The molecular formula is C22H27Cl3N2O4S2. The summed E-state index contributed by atoms with van der Waals surface area (Å²) in [6, 6.07) is 10.2. The predicted octanol–water partition coefficient (Wildman–Crippen LogP) is 5.13. The Morgan fingerprint density at radius 1 is 1.03 bits per heavy atom. The second kappa shape index (κ2) is 10.7. The number of likely N-dealkylation sites (tertiary alicyclic amines) is 1. The summed E-state index contributed by atoms with van der Waals surface area (Å²) >= 11 is 18.5. The van der Waals surface area contributed by atoms with Crippen LogP contribution in [0.1, 0.15) is 26.2 Å². The summed E-state index contributed by atoms with van der Waals surface area (Å²) in [7, 11) is -7.10. The molecule has 3 rings (SSSR count). The van der Waals surface area contributed by atoms with Gasteiger partial charge in [0.25, 0.3) is 10.0 Å². The number of halogens is 3. The monoisotopic (exact) mass is 552 g/mol. The van der Waals surface area contributed by atoms with E-state index in [9.17, 15) is 16.8 Å². The van der Waals surface area contributed by atoms with Crippen molar-refractivity contribution in [2.45, 2.75) is 42.4 Å². The number of piperidine rings is 1. The molecule has 1 aliphatic rings. The van der Waals surface area contributed by atoms with E-state index in [0.717, 1.165) is 13.0 Å². The molecule has 11 heteroatoms. The van der Waals surface area contributed by atoms with Gasteiger partial charge in [-0.15, -0.1) is 0 Å². The zero-order valence-electron chi connectivity index (χ0n) is 18.4. The minimum Gasteiger partial charge on any atom is -0.302 e. The van der Waals surface area contributed by atoms with Crippen molar-refractivity contribution in [2.75, 3.05) is 30.2 Å². The van der Waals surface area contributed by atoms with E-state index in [1.165, 1.54) is 40.9 Å². The molecule has 1 fully saturated rings. The van der Waals surface area contributed by atoms with Gasteiger partial charge in [0.2, 0.25) is 0 Å². The highest BCUT2D eigenvalue weighted by Crippen LogP contribution is 2.35. The van der Waals surface area contributed by atoms with Crippen molar-refractivity contribution >= 4 is 60.4 Å². The summed E-state index contributed by atoms with van der Waals surface area (Å²) in [5, 5.41) is 0.668. The maximum Gasteiger partial charge on any atom is 0.264 e. The third-order valence-corrected chi connectivity index (χ3v) is 10.2. The number of anilines is 1. The summed E-state index contributed by atoms with van der Waals surface area (Å²) in [4.78, 5) is 2.17.